The first-order valence-electron chi connectivity index (χ1n) is 12.6. The fraction of sp³-hybridized carbons (Fsp3) is 0.444. The second-order valence-electron chi connectivity index (χ2n) is 9.89. The molecule has 2 aliphatic rings. The Bertz CT molecular complexity index is 1350. The third-order valence-electron chi connectivity index (χ3n) is 7.78. The van der Waals surface area contributed by atoms with Gasteiger partial charge in [-0.2, -0.15) is 5.10 Å². The molecule has 6 rings (SSSR count). The van der Waals surface area contributed by atoms with E-state index in [4.69, 9.17) is 9.72 Å². The van der Waals surface area contributed by atoms with E-state index in [9.17, 15) is 0 Å². The van der Waals surface area contributed by atoms with Crippen LogP contribution in [0.15, 0.2) is 43.0 Å². The number of likely N-dealkylation sites (N-methyl/N-ethyl adjacent to an activating group) is 1. The average molecular weight is 472 g/mol. The highest BCUT2D eigenvalue weighted by Gasteiger charge is 2.27. The molecule has 2 saturated heterocycles. The monoisotopic (exact) mass is 471 g/mol. The first-order chi connectivity index (χ1) is 17.1. The summed E-state index contributed by atoms with van der Waals surface area (Å²) in [6.07, 6.45) is 10.3. The van der Waals surface area contributed by atoms with Gasteiger partial charge in [0.1, 0.15) is 5.75 Å². The summed E-state index contributed by atoms with van der Waals surface area (Å²) in [4.78, 5) is 17.0. The zero-order valence-corrected chi connectivity index (χ0v) is 20.8. The molecular formula is C27H33N7O. The van der Waals surface area contributed by atoms with E-state index in [-0.39, 0.29) is 0 Å². The number of nitrogens with zero attached hydrogens (tertiary/aromatic N) is 7. The SMILES string of the molecule is COc1cc2nccc(-c3cnn4cc(N5CCC(N6CCN(C)CC6)CC5)cnc34)c2cc1C. The first kappa shape index (κ1) is 22.2. The van der Waals surface area contributed by atoms with E-state index in [1.807, 2.05) is 35.2 Å². The van der Waals surface area contributed by atoms with Gasteiger partial charge in [-0.25, -0.2) is 9.50 Å². The van der Waals surface area contributed by atoms with E-state index < -0.39 is 0 Å². The Hall–Kier alpha value is -3.23. The molecular weight excluding hydrogens is 438 g/mol. The average Bonchev–Trinajstić information content (AvgIpc) is 3.32. The van der Waals surface area contributed by atoms with Crippen molar-refractivity contribution in [1.29, 1.82) is 0 Å². The minimum Gasteiger partial charge on any atom is -0.496 e. The number of benzene rings is 1. The van der Waals surface area contributed by atoms with Crippen molar-refractivity contribution in [2.75, 3.05) is 58.3 Å². The Morgan fingerprint density at radius 2 is 1.74 bits per heavy atom. The molecule has 2 aliphatic heterocycles. The zero-order valence-electron chi connectivity index (χ0n) is 20.8. The van der Waals surface area contributed by atoms with Gasteiger partial charge in [0.05, 0.1) is 36.9 Å². The number of ether oxygens (including phenoxy) is 1. The molecule has 0 atom stereocenters. The highest BCUT2D eigenvalue weighted by Crippen LogP contribution is 2.34. The van der Waals surface area contributed by atoms with Crippen LogP contribution in [0.4, 0.5) is 5.69 Å². The van der Waals surface area contributed by atoms with Crippen molar-refractivity contribution in [3.8, 4) is 16.9 Å². The van der Waals surface area contributed by atoms with E-state index in [0.717, 1.165) is 57.8 Å². The summed E-state index contributed by atoms with van der Waals surface area (Å²) in [5, 5.41) is 5.76. The quantitative estimate of drug-likeness (QED) is 0.452. The van der Waals surface area contributed by atoms with Crippen molar-refractivity contribution >= 4 is 22.2 Å². The number of methoxy groups -OCH3 is 1. The molecule has 1 aromatic carbocycles. The number of piperidine rings is 1. The van der Waals surface area contributed by atoms with Gasteiger partial charge in [0.25, 0.3) is 0 Å². The number of pyridine rings is 1. The molecule has 5 heterocycles. The highest BCUT2D eigenvalue weighted by atomic mass is 16.5. The second kappa shape index (κ2) is 9.09. The van der Waals surface area contributed by atoms with E-state index in [1.54, 1.807) is 7.11 Å². The van der Waals surface area contributed by atoms with Crippen LogP contribution in [0.25, 0.3) is 27.7 Å². The Morgan fingerprint density at radius 3 is 2.51 bits per heavy atom. The number of aryl methyl sites for hydroxylation is 1. The minimum atomic E-state index is 0.704. The predicted octanol–water partition coefficient (Wildman–Crippen LogP) is 3.48. The molecule has 0 bridgehead atoms. The van der Waals surface area contributed by atoms with Crippen LogP contribution in [0.3, 0.4) is 0 Å². The molecule has 8 heteroatoms. The standard InChI is InChI=1S/C27H33N7O/c1-19-14-23-22(4-7-28-25(23)15-26(19)35-3)24-17-30-34-18-21(16-29-27(24)34)32-8-5-20(6-9-32)33-12-10-31(2)11-13-33/h4,7,14-18,20H,5-6,8-13H2,1-3H3. The summed E-state index contributed by atoms with van der Waals surface area (Å²) in [6, 6.07) is 6.88. The Balaban J connectivity index is 1.24. The molecule has 0 saturated carbocycles. The van der Waals surface area contributed by atoms with Gasteiger partial charge in [-0.1, -0.05) is 0 Å². The Morgan fingerprint density at radius 1 is 0.943 bits per heavy atom. The lowest BCUT2D eigenvalue weighted by Crippen LogP contribution is -2.52. The van der Waals surface area contributed by atoms with Crippen LogP contribution in [0, 0.1) is 6.92 Å². The van der Waals surface area contributed by atoms with Crippen LogP contribution in [0.2, 0.25) is 0 Å². The minimum absolute atomic E-state index is 0.704. The second-order valence-corrected chi connectivity index (χ2v) is 9.89. The predicted molar refractivity (Wildman–Crippen MR) is 139 cm³/mol. The van der Waals surface area contributed by atoms with Crippen molar-refractivity contribution in [3.63, 3.8) is 0 Å². The number of aromatic nitrogens is 4. The summed E-state index contributed by atoms with van der Waals surface area (Å²) in [6.45, 7) is 8.94. The molecule has 4 aromatic rings. The first-order valence-corrected chi connectivity index (χ1v) is 12.6. The van der Waals surface area contributed by atoms with E-state index in [2.05, 4.69) is 51.0 Å². The number of piperazine rings is 1. The summed E-state index contributed by atoms with van der Waals surface area (Å²) < 4.78 is 7.41. The van der Waals surface area contributed by atoms with Gasteiger partial charge in [0.2, 0.25) is 0 Å². The molecule has 3 aromatic heterocycles. The lowest BCUT2D eigenvalue weighted by atomic mass is 10.0. The molecule has 2 fully saturated rings. The van der Waals surface area contributed by atoms with Crippen LogP contribution >= 0.6 is 0 Å². The van der Waals surface area contributed by atoms with Crippen molar-refractivity contribution in [3.05, 3.63) is 48.5 Å². The molecule has 35 heavy (non-hydrogen) atoms. The van der Waals surface area contributed by atoms with Crippen LogP contribution in [-0.4, -0.2) is 88.8 Å². The summed E-state index contributed by atoms with van der Waals surface area (Å²) in [5.74, 6) is 0.848. The number of anilines is 1. The highest BCUT2D eigenvalue weighted by molar-refractivity contribution is 5.98. The normalized spacial score (nSPS) is 18.5. The number of hydrogen-bond acceptors (Lipinski definition) is 7. The zero-order chi connectivity index (χ0) is 23.9. The van der Waals surface area contributed by atoms with Crippen LogP contribution in [-0.2, 0) is 0 Å². The Labute approximate surface area is 206 Å². The van der Waals surface area contributed by atoms with E-state index in [0.29, 0.717) is 6.04 Å². The van der Waals surface area contributed by atoms with Gasteiger partial charge >= 0.3 is 0 Å². The lowest BCUT2D eigenvalue weighted by molar-refractivity contribution is 0.0982. The molecule has 0 N–H and O–H groups in total. The van der Waals surface area contributed by atoms with Gasteiger partial charge in [-0.15, -0.1) is 0 Å². The van der Waals surface area contributed by atoms with E-state index >= 15 is 0 Å². The van der Waals surface area contributed by atoms with Crippen molar-refractivity contribution in [2.24, 2.45) is 0 Å². The van der Waals surface area contributed by atoms with Gasteiger partial charge in [-0.3, -0.25) is 9.88 Å². The molecule has 0 aliphatic carbocycles. The maximum absolute atomic E-state index is 5.49. The summed E-state index contributed by atoms with van der Waals surface area (Å²) in [5.41, 5.74) is 6.10. The Kier molecular flexibility index (Phi) is 5.78. The molecule has 182 valence electrons. The van der Waals surface area contributed by atoms with Crippen LogP contribution < -0.4 is 9.64 Å². The fourth-order valence-electron chi connectivity index (χ4n) is 5.63. The molecule has 0 amide bonds. The third kappa shape index (κ3) is 4.10. The topological polar surface area (TPSA) is 62.0 Å². The number of fused-ring (bicyclic) bond motifs is 2. The van der Waals surface area contributed by atoms with Gasteiger partial charge in [0.15, 0.2) is 5.65 Å². The molecule has 0 radical (unpaired) electrons. The maximum Gasteiger partial charge on any atom is 0.162 e. The van der Waals surface area contributed by atoms with Gasteiger partial charge in [0, 0.05) is 68.5 Å². The molecule has 0 unspecified atom stereocenters. The van der Waals surface area contributed by atoms with Crippen molar-refractivity contribution in [2.45, 2.75) is 25.8 Å². The van der Waals surface area contributed by atoms with Gasteiger partial charge in [-0.05, 0) is 50.1 Å². The van der Waals surface area contributed by atoms with Crippen molar-refractivity contribution < 1.29 is 4.74 Å². The lowest BCUT2D eigenvalue weighted by Gasteiger charge is -2.42. The van der Waals surface area contributed by atoms with Gasteiger partial charge < -0.3 is 14.5 Å². The summed E-state index contributed by atoms with van der Waals surface area (Å²) in [7, 11) is 3.92. The molecule has 8 nitrogen and oxygen atoms in total. The van der Waals surface area contributed by atoms with Crippen molar-refractivity contribution in [1.82, 2.24) is 29.4 Å². The number of rotatable bonds is 4. The largest absolute Gasteiger partial charge is 0.496 e. The van der Waals surface area contributed by atoms with Crippen LogP contribution in [0.5, 0.6) is 5.75 Å². The maximum atomic E-state index is 5.49. The smallest absolute Gasteiger partial charge is 0.162 e. The third-order valence-corrected chi connectivity index (χ3v) is 7.78. The van der Waals surface area contributed by atoms with E-state index in [1.165, 1.54) is 39.0 Å². The van der Waals surface area contributed by atoms with Crippen LogP contribution in [0.1, 0.15) is 18.4 Å². The summed E-state index contributed by atoms with van der Waals surface area (Å²) >= 11 is 0. The number of hydrogen-bond donors (Lipinski definition) is 0. The molecule has 0 spiro atoms. The fourth-order valence-corrected chi connectivity index (χ4v) is 5.63.